The third kappa shape index (κ3) is 2.38. The second-order valence-electron chi connectivity index (χ2n) is 5.59. The molecule has 102 valence electrons. The Hall–Kier alpha value is -1.39. The number of amides is 1. The van der Waals surface area contributed by atoms with E-state index in [1.54, 1.807) is 4.90 Å². The summed E-state index contributed by atoms with van der Waals surface area (Å²) in [5.41, 5.74) is 2.60. The molecule has 1 aliphatic carbocycles. The molecule has 0 spiro atoms. The highest BCUT2D eigenvalue weighted by atomic mass is 16.3. The van der Waals surface area contributed by atoms with E-state index < -0.39 is 12.2 Å². The van der Waals surface area contributed by atoms with Crippen LogP contribution in [0.5, 0.6) is 0 Å². The number of hydrogen-bond acceptors (Lipinski definition) is 3. The molecule has 19 heavy (non-hydrogen) atoms. The maximum atomic E-state index is 12.4. The smallest absolute Gasteiger partial charge is 0.226 e. The number of β-amino-alcohol motifs (C(OH)–C–C–N with tert-alkyl or cyclic N) is 2. The number of carbonyl (C=O) groups excluding carboxylic acids is 1. The Bertz CT molecular complexity index is 478. The Balaban J connectivity index is 1.70. The number of nitrogens with zero attached hydrogens (tertiary/aromatic N) is 1. The summed E-state index contributed by atoms with van der Waals surface area (Å²) in [5, 5.41) is 19.1. The van der Waals surface area contributed by atoms with Crippen LogP contribution in [0.25, 0.3) is 0 Å². The third-order valence-electron chi connectivity index (χ3n) is 4.27. The quantitative estimate of drug-likeness (QED) is 0.767. The average Bonchev–Trinajstić information content (AvgIpc) is 2.77. The topological polar surface area (TPSA) is 60.8 Å². The second-order valence-corrected chi connectivity index (χ2v) is 5.59. The van der Waals surface area contributed by atoms with Crippen molar-refractivity contribution in [2.75, 3.05) is 13.1 Å². The van der Waals surface area contributed by atoms with Crippen LogP contribution in [0.15, 0.2) is 24.3 Å². The first-order chi connectivity index (χ1) is 9.15. The van der Waals surface area contributed by atoms with Crippen molar-refractivity contribution in [2.24, 2.45) is 5.92 Å². The van der Waals surface area contributed by atoms with Crippen LogP contribution in [0.4, 0.5) is 0 Å². The predicted molar refractivity (Wildman–Crippen MR) is 70.6 cm³/mol. The van der Waals surface area contributed by atoms with Gasteiger partial charge in [0.05, 0.1) is 12.2 Å². The number of fused-ring (bicyclic) bond motifs is 1. The van der Waals surface area contributed by atoms with Crippen LogP contribution >= 0.6 is 0 Å². The number of aryl methyl sites for hydroxylation is 1. The van der Waals surface area contributed by atoms with E-state index in [9.17, 15) is 15.0 Å². The summed E-state index contributed by atoms with van der Waals surface area (Å²) >= 11 is 0. The number of hydrogen-bond donors (Lipinski definition) is 2. The van der Waals surface area contributed by atoms with E-state index in [1.165, 1.54) is 11.1 Å². The molecule has 1 amide bonds. The molecular formula is C15H19NO3. The molecule has 3 rings (SSSR count). The van der Waals surface area contributed by atoms with Crippen LogP contribution < -0.4 is 0 Å². The van der Waals surface area contributed by atoms with Crippen molar-refractivity contribution >= 4 is 5.91 Å². The fraction of sp³-hybridized carbons (Fsp3) is 0.533. The number of carbonyl (C=O) groups is 1. The van der Waals surface area contributed by atoms with Crippen LogP contribution in [0.3, 0.4) is 0 Å². The Kier molecular flexibility index (Phi) is 3.29. The molecule has 0 bridgehead atoms. The van der Waals surface area contributed by atoms with Gasteiger partial charge < -0.3 is 15.1 Å². The molecular weight excluding hydrogens is 242 g/mol. The number of aliphatic hydroxyl groups excluding tert-OH is 2. The Morgan fingerprint density at radius 2 is 1.74 bits per heavy atom. The summed E-state index contributed by atoms with van der Waals surface area (Å²) in [4.78, 5) is 14.0. The van der Waals surface area contributed by atoms with Crippen molar-refractivity contribution in [3.05, 3.63) is 35.4 Å². The molecule has 2 aliphatic rings. The number of rotatable bonds is 1. The molecule has 1 heterocycles. The van der Waals surface area contributed by atoms with Crippen molar-refractivity contribution in [3.63, 3.8) is 0 Å². The van der Waals surface area contributed by atoms with Gasteiger partial charge in [0.1, 0.15) is 0 Å². The molecule has 3 atom stereocenters. The van der Waals surface area contributed by atoms with Gasteiger partial charge in [-0.2, -0.15) is 0 Å². The number of aliphatic hydroxyl groups is 2. The molecule has 1 aromatic carbocycles. The van der Waals surface area contributed by atoms with Crippen molar-refractivity contribution in [1.29, 1.82) is 0 Å². The lowest BCUT2D eigenvalue weighted by molar-refractivity contribution is -0.135. The fourth-order valence-electron chi connectivity index (χ4n) is 3.12. The highest BCUT2D eigenvalue weighted by Gasteiger charge is 2.36. The molecule has 4 heteroatoms. The SMILES string of the molecule is O=C(C1CCc2ccccc2C1)N1C[C@@H](O)[C@@H](O)C1. The van der Waals surface area contributed by atoms with Crippen molar-refractivity contribution in [3.8, 4) is 0 Å². The molecule has 0 aromatic heterocycles. The summed E-state index contributed by atoms with van der Waals surface area (Å²) in [6.45, 7) is 0.524. The minimum Gasteiger partial charge on any atom is -0.388 e. The lowest BCUT2D eigenvalue weighted by Crippen LogP contribution is -2.37. The van der Waals surface area contributed by atoms with Gasteiger partial charge >= 0.3 is 0 Å². The average molecular weight is 261 g/mol. The van der Waals surface area contributed by atoms with Crippen molar-refractivity contribution in [1.82, 2.24) is 4.90 Å². The second kappa shape index (κ2) is 4.94. The first kappa shape index (κ1) is 12.6. The van der Waals surface area contributed by atoms with Gasteiger partial charge in [-0.05, 0) is 30.4 Å². The van der Waals surface area contributed by atoms with E-state index in [0.717, 1.165) is 19.3 Å². The summed E-state index contributed by atoms with van der Waals surface area (Å²) in [7, 11) is 0. The normalized spacial score (nSPS) is 30.2. The van der Waals surface area contributed by atoms with Gasteiger partial charge in [-0.25, -0.2) is 0 Å². The molecule has 1 saturated heterocycles. The van der Waals surface area contributed by atoms with Crippen LogP contribution in [0.2, 0.25) is 0 Å². The lowest BCUT2D eigenvalue weighted by Gasteiger charge is -2.27. The first-order valence-electron chi connectivity index (χ1n) is 6.87. The monoisotopic (exact) mass is 261 g/mol. The molecule has 1 unspecified atom stereocenters. The van der Waals surface area contributed by atoms with Crippen molar-refractivity contribution < 1.29 is 15.0 Å². The molecule has 1 fully saturated rings. The zero-order chi connectivity index (χ0) is 13.4. The first-order valence-corrected chi connectivity index (χ1v) is 6.87. The van der Waals surface area contributed by atoms with Crippen LogP contribution in [0.1, 0.15) is 17.5 Å². The summed E-state index contributed by atoms with van der Waals surface area (Å²) in [6.07, 6.45) is 0.988. The van der Waals surface area contributed by atoms with E-state index in [0.29, 0.717) is 0 Å². The van der Waals surface area contributed by atoms with Gasteiger partial charge in [-0.1, -0.05) is 24.3 Å². The number of benzene rings is 1. The molecule has 0 radical (unpaired) electrons. The van der Waals surface area contributed by atoms with Gasteiger partial charge in [-0.15, -0.1) is 0 Å². The minimum atomic E-state index is -0.792. The Morgan fingerprint density at radius 3 is 2.42 bits per heavy atom. The molecule has 1 aromatic rings. The van der Waals surface area contributed by atoms with Gasteiger partial charge in [0.2, 0.25) is 5.91 Å². The number of likely N-dealkylation sites (tertiary alicyclic amines) is 1. The Labute approximate surface area is 112 Å². The highest BCUT2D eigenvalue weighted by molar-refractivity contribution is 5.80. The maximum Gasteiger partial charge on any atom is 0.226 e. The molecule has 1 aliphatic heterocycles. The van der Waals surface area contributed by atoms with Crippen LogP contribution in [0, 0.1) is 5.92 Å². The van der Waals surface area contributed by atoms with Gasteiger partial charge in [0, 0.05) is 19.0 Å². The minimum absolute atomic E-state index is 0.00704. The van der Waals surface area contributed by atoms with Crippen LogP contribution in [-0.2, 0) is 17.6 Å². The molecule has 2 N–H and O–H groups in total. The summed E-state index contributed by atoms with van der Waals surface area (Å²) in [6, 6.07) is 8.26. The van der Waals surface area contributed by atoms with Gasteiger partial charge in [0.25, 0.3) is 0 Å². The van der Waals surface area contributed by atoms with Crippen LogP contribution in [-0.4, -0.2) is 46.3 Å². The van der Waals surface area contributed by atoms with Crippen molar-refractivity contribution in [2.45, 2.75) is 31.5 Å². The fourth-order valence-corrected chi connectivity index (χ4v) is 3.12. The van der Waals surface area contributed by atoms with Gasteiger partial charge in [-0.3, -0.25) is 4.79 Å². The summed E-state index contributed by atoms with van der Waals surface area (Å²) < 4.78 is 0. The predicted octanol–water partition coefficient (Wildman–Crippen LogP) is 0.356. The maximum absolute atomic E-state index is 12.4. The Morgan fingerprint density at radius 1 is 1.11 bits per heavy atom. The van der Waals surface area contributed by atoms with E-state index >= 15 is 0 Å². The van der Waals surface area contributed by atoms with E-state index in [2.05, 4.69) is 12.1 Å². The van der Waals surface area contributed by atoms with E-state index in [-0.39, 0.29) is 24.9 Å². The largest absolute Gasteiger partial charge is 0.388 e. The highest BCUT2D eigenvalue weighted by Crippen LogP contribution is 2.27. The van der Waals surface area contributed by atoms with E-state index in [1.807, 2.05) is 12.1 Å². The lowest BCUT2D eigenvalue weighted by atomic mass is 9.83. The standard InChI is InChI=1S/C15H19NO3/c17-13-8-16(9-14(13)18)15(19)12-6-5-10-3-1-2-4-11(10)7-12/h1-4,12-14,17-18H,5-9H2/t12?,13-,14+. The van der Waals surface area contributed by atoms with Gasteiger partial charge in [0.15, 0.2) is 0 Å². The summed E-state index contributed by atoms with van der Waals surface area (Å²) in [5.74, 6) is 0.0671. The third-order valence-corrected chi connectivity index (χ3v) is 4.27. The molecule has 0 saturated carbocycles. The zero-order valence-corrected chi connectivity index (χ0v) is 10.8. The zero-order valence-electron chi connectivity index (χ0n) is 10.8. The molecule has 4 nitrogen and oxygen atoms in total. The van der Waals surface area contributed by atoms with E-state index in [4.69, 9.17) is 0 Å².